The van der Waals surface area contributed by atoms with Crippen LogP contribution in [0.5, 0.6) is 0 Å². The molecule has 128 valence electrons. The predicted molar refractivity (Wildman–Crippen MR) is 101 cm³/mol. The maximum absolute atomic E-state index is 5.61. The number of pyridine rings is 1. The zero-order valence-corrected chi connectivity index (χ0v) is 14.8. The molecule has 1 aliphatic carbocycles. The standard InChI is InChI=1S/C18H19N5OS/c1-11-6-8-15(24-11)14-10-19-13-7-9-16(22-17(13)21-14)23-18(25)20-12-4-2-3-5-12/h6-10,12H,2-5H2,1H3,(H2,20,21,22,23,25). The molecule has 3 aromatic heterocycles. The van der Waals surface area contributed by atoms with Crippen molar-refractivity contribution in [2.24, 2.45) is 0 Å². The monoisotopic (exact) mass is 353 g/mol. The fourth-order valence-corrected chi connectivity index (χ4v) is 3.34. The molecule has 1 fully saturated rings. The summed E-state index contributed by atoms with van der Waals surface area (Å²) in [7, 11) is 0. The van der Waals surface area contributed by atoms with Gasteiger partial charge < -0.3 is 15.1 Å². The molecule has 1 saturated carbocycles. The molecule has 0 radical (unpaired) electrons. The summed E-state index contributed by atoms with van der Waals surface area (Å²) in [5, 5.41) is 7.09. The highest BCUT2D eigenvalue weighted by molar-refractivity contribution is 7.80. The molecule has 25 heavy (non-hydrogen) atoms. The lowest BCUT2D eigenvalue weighted by molar-refractivity contribution is 0.546. The molecule has 0 aliphatic heterocycles. The van der Waals surface area contributed by atoms with Crippen LogP contribution < -0.4 is 10.6 Å². The lowest BCUT2D eigenvalue weighted by Crippen LogP contribution is -2.36. The molecule has 0 aromatic carbocycles. The number of furan rings is 1. The summed E-state index contributed by atoms with van der Waals surface area (Å²) in [5.41, 5.74) is 1.95. The normalized spacial score (nSPS) is 14.8. The zero-order chi connectivity index (χ0) is 17.2. The Morgan fingerprint density at radius 3 is 2.76 bits per heavy atom. The molecule has 3 aromatic rings. The number of nitrogens with one attached hydrogen (secondary N) is 2. The largest absolute Gasteiger partial charge is 0.460 e. The van der Waals surface area contributed by atoms with E-state index in [2.05, 4.69) is 25.6 Å². The van der Waals surface area contributed by atoms with Crippen LogP contribution in [-0.2, 0) is 0 Å². The highest BCUT2D eigenvalue weighted by Gasteiger charge is 2.15. The van der Waals surface area contributed by atoms with Gasteiger partial charge in [-0.25, -0.2) is 9.97 Å². The second-order valence-electron chi connectivity index (χ2n) is 6.28. The fraction of sp³-hybridized carbons (Fsp3) is 0.333. The number of nitrogens with zero attached hydrogens (tertiary/aromatic N) is 3. The Labute approximate surface area is 151 Å². The van der Waals surface area contributed by atoms with Crippen LogP contribution in [0.15, 0.2) is 34.9 Å². The molecular weight excluding hydrogens is 334 g/mol. The van der Waals surface area contributed by atoms with Crippen molar-refractivity contribution in [1.29, 1.82) is 0 Å². The van der Waals surface area contributed by atoms with Crippen molar-refractivity contribution in [3.05, 3.63) is 36.2 Å². The van der Waals surface area contributed by atoms with E-state index in [0.29, 0.717) is 34.1 Å². The number of fused-ring (bicyclic) bond motifs is 1. The number of hydrogen-bond acceptors (Lipinski definition) is 5. The van der Waals surface area contributed by atoms with Gasteiger partial charge in [-0.2, -0.15) is 0 Å². The van der Waals surface area contributed by atoms with Gasteiger partial charge in [-0.05, 0) is 56.2 Å². The molecular formula is C18H19N5OS. The van der Waals surface area contributed by atoms with Crippen LogP contribution in [0, 0.1) is 6.92 Å². The van der Waals surface area contributed by atoms with E-state index in [1.54, 1.807) is 6.20 Å². The molecule has 2 N–H and O–H groups in total. The third-order valence-corrected chi connectivity index (χ3v) is 4.55. The molecule has 0 amide bonds. The minimum Gasteiger partial charge on any atom is -0.460 e. The van der Waals surface area contributed by atoms with Gasteiger partial charge in [-0.1, -0.05) is 12.8 Å². The van der Waals surface area contributed by atoms with Crippen LogP contribution in [0.2, 0.25) is 0 Å². The van der Waals surface area contributed by atoms with Gasteiger partial charge in [0, 0.05) is 6.04 Å². The summed E-state index contributed by atoms with van der Waals surface area (Å²) in [6.45, 7) is 1.90. The number of aryl methyl sites for hydroxylation is 1. The second kappa shape index (κ2) is 6.76. The van der Waals surface area contributed by atoms with E-state index in [1.807, 2.05) is 31.2 Å². The van der Waals surface area contributed by atoms with Gasteiger partial charge in [0.15, 0.2) is 16.5 Å². The topological polar surface area (TPSA) is 75.9 Å². The van der Waals surface area contributed by atoms with Gasteiger partial charge in [-0.15, -0.1) is 0 Å². The highest BCUT2D eigenvalue weighted by Crippen LogP contribution is 2.22. The average Bonchev–Trinajstić information content (AvgIpc) is 3.26. The van der Waals surface area contributed by atoms with Crippen LogP contribution in [0.4, 0.5) is 5.82 Å². The molecule has 0 bridgehead atoms. The third kappa shape index (κ3) is 3.61. The Kier molecular flexibility index (Phi) is 4.31. The second-order valence-corrected chi connectivity index (χ2v) is 6.69. The van der Waals surface area contributed by atoms with Crippen molar-refractivity contribution >= 4 is 34.3 Å². The maximum Gasteiger partial charge on any atom is 0.180 e. The number of aromatic nitrogens is 3. The molecule has 3 heterocycles. The van der Waals surface area contributed by atoms with E-state index in [0.717, 1.165) is 11.3 Å². The Hall–Kier alpha value is -2.54. The first-order valence-electron chi connectivity index (χ1n) is 8.45. The molecule has 7 heteroatoms. The predicted octanol–water partition coefficient (Wildman–Crippen LogP) is 3.82. The van der Waals surface area contributed by atoms with Crippen molar-refractivity contribution in [2.45, 2.75) is 38.6 Å². The highest BCUT2D eigenvalue weighted by atomic mass is 32.1. The van der Waals surface area contributed by atoms with Gasteiger partial charge in [-0.3, -0.25) is 4.98 Å². The number of rotatable bonds is 3. The van der Waals surface area contributed by atoms with E-state index in [4.69, 9.17) is 16.6 Å². The molecule has 1 aliphatic rings. The van der Waals surface area contributed by atoms with Crippen LogP contribution in [0.25, 0.3) is 22.6 Å². The third-order valence-electron chi connectivity index (χ3n) is 4.33. The molecule has 4 rings (SSSR count). The maximum atomic E-state index is 5.61. The summed E-state index contributed by atoms with van der Waals surface area (Å²) in [6, 6.07) is 7.99. The quantitative estimate of drug-likeness (QED) is 0.693. The first kappa shape index (κ1) is 16.0. The SMILES string of the molecule is Cc1ccc(-c2cnc3ccc(NC(=S)NC4CCCC4)nc3n2)o1. The van der Waals surface area contributed by atoms with Gasteiger partial charge in [0.25, 0.3) is 0 Å². The molecule has 0 spiro atoms. The Morgan fingerprint density at radius 2 is 2.00 bits per heavy atom. The molecule has 6 nitrogen and oxygen atoms in total. The van der Waals surface area contributed by atoms with Crippen LogP contribution in [0.1, 0.15) is 31.4 Å². The van der Waals surface area contributed by atoms with Crippen LogP contribution >= 0.6 is 12.2 Å². The van der Waals surface area contributed by atoms with Gasteiger partial charge in [0.2, 0.25) is 0 Å². The minimum atomic E-state index is 0.467. The van der Waals surface area contributed by atoms with E-state index in [-0.39, 0.29) is 0 Å². The summed E-state index contributed by atoms with van der Waals surface area (Å²) < 4.78 is 5.61. The summed E-state index contributed by atoms with van der Waals surface area (Å²) in [6.07, 6.45) is 6.56. The lowest BCUT2D eigenvalue weighted by Gasteiger charge is -2.15. The average molecular weight is 353 g/mol. The van der Waals surface area contributed by atoms with Gasteiger partial charge in [0.05, 0.1) is 6.20 Å². The molecule has 0 unspecified atom stereocenters. The van der Waals surface area contributed by atoms with Gasteiger partial charge >= 0.3 is 0 Å². The first-order valence-corrected chi connectivity index (χ1v) is 8.86. The number of anilines is 1. The Morgan fingerprint density at radius 1 is 1.16 bits per heavy atom. The first-order chi connectivity index (χ1) is 12.2. The smallest absolute Gasteiger partial charge is 0.180 e. The van der Waals surface area contributed by atoms with Crippen molar-refractivity contribution in [3.63, 3.8) is 0 Å². The van der Waals surface area contributed by atoms with Crippen LogP contribution in [-0.4, -0.2) is 26.1 Å². The minimum absolute atomic E-state index is 0.467. The van der Waals surface area contributed by atoms with E-state index in [1.165, 1.54) is 25.7 Å². The molecule has 0 saturated heterocycles. The van der Waals surface area contributed by atoms with Crippen molar-refractivity contribution < 1.29 is 4.42 Å². The van der Waals surface area contributed by atoms with E-state index >= 15 is 0 Å². The summed E-state index contributed by atoms with van der Waals surface area (Å²) >= 11 is 5.39. The fourth-order valence-electron chi connectivity index (χ4n) is 3.07. The van der Waals surface area contributed by atoms with E-state index < -0.39 is 0 Å². The Balaban J connectivity index is 1.54. The summed E-state index contributed by atoms with van der Waals surface area (Å²) in [4.78, 5) is 13.5. The van der Waals surface area contributed by atoms with Crippen LogP contribution in [0.3, 0.4) is 0 Å². The van der Waals surface area contributed by atoms with Crippen molar-refractivity contribution in [3.8, 4) is 11.5 Å². The van der Waals surface area contributed by atoms with Crippen molar-refractivity contribution in [1.82, 2.24) is 20.3 Å². The number of thiocarbonyl (C=S) groups is 1. The molecule has 0 atom stereocenters. The number of hydrogen-bond donors (Lipinski definition) is 2. The van der Waals surface area contributed by atoms with Crippen molar-refractivity contribution in [2.75, 3.05) is 5.32 Å². The Bertz CT molecular complexity index is 917. The lowest BCUT2D eigenvalue weighted by atomic mass is 10.3. The van der Waals surface area contributed by atoms with Gasteiger partial charge in [0.1, 0.15) is 22.8 Å². The van der Waals surface area contributed by atoms with E-state index in [9.17, 15) is 0 Å². The summed E-state index contributed by atoms with van der Waals surface area (Å²) in [5.74, 6) is 2.18. The zero-order valence-electron chi connectivity index (χ0n) is 14.0.